The predicted molar refractivity (Wildman–Crippen MR) is 50.6 cm³/mol. The lowest BCUT2D eigenvalue weighted by Crippen LogP contribution is -2.06. The van der Waals surface area contributed by atoms with Crippen LogP contribution in [0.25, 0.3) is 0 Å². The van der Waals surface area contributed by atoms with Crippen molar-refractivity contribution >= 4 is 12.1 Å². The molecule has 0 spiro atoms. The summed E-state index contributed by atoms with van der Waals surface area (Å²) in [6.45, 7) is 0. The number of halogens is 1. The number of para-hydroxylation sites is 1. The summed E-state index contributed by atoms with van der Waals surface area (Å²) in [6, 6.07) is 6.15. The molecule has 0 bridgehead atoms. The molecule has 72 valence electrons. The fourth-order valence-electron chi connectivity index (χ4n) is 0.475. The maximum absolute atomic E-state index is 12.2. The van der Waals surface area contributed by atoms with Gasteiger partial charge in [-0.3, -0.25) is 4.79 Å². The zero-order valence-electron chi connectivity index (χ0n) is 7.70. The van der Waals surface area contributed by atoms with E-state index in [4.69, 9.17) is 5.73 Å². The molecule has 0 atom stereocenters. The second-order valence-electron chi connectivity index (χ2n) is 2.59. The molecule has 1 aromatic carbocycles. The van der Waals surface area contributed by atoms with Crippen LogP contribution in [0.1, 0.15) is 0 Å². The van der Waals surface area contributed by atoms with Crippen molar-refractivity contribution in [2.75, 3.05) is 19.8 Å². The number of nitrogen functional groups attached to an aromatic ring is 1. The molecule has 1 rings (SSSR count). The third kappa shape index (κ3) is 5.66. The molecule has 13 heavy (non-hydrogen) atoms. The first kappa shape index (κ1) is 11.4. The molecule has 0 saturated carbocycles. The first-order valence-corrected chi connectivity index (χ1v) is 3.69. The van der Waals surface area contributed by atoms with E-state index in [1.165, 1.54) is 17.0 Å². The number of carbonyl (C=O) groups is 1. The Bertz CT molecular complexity index is 243. The van der Waals surface area contributed by atoms with Crippen LogP contribution < -0.4 is 5.73 Å². The fraction of sp³-hybridized carbons (Fsp3) is 0.222. The van der Waals surface area contributed by atoms with Crippen molar-refractivity contribution < 1.29 is 9.18 Å². The molecule has 0 fully saturated rings. The Morgan fingerprint density at radius 3 is 2.08 bits per heavy atom. The third-order valence-electron chi connectivity index (χ3n) is 1.12. The van der Waals surface area contributed by atoms with Crippen LogP contribution >= 0.6 is 0 Å². The fourth-order valence-corrected chi connectivity index (χ4v) is 0.475. The Morgan fingerprint density at radius 1 is 1.38 bits per heavy atom. The van der Waals surface area contributed by atoms with E-state index in [1.807, 2.05) is 0 Å². The molecule has 0 saturated heterocycles. The van der Waals surface area contributed by atoms with Crippen LogP contribution in [0.4, 0.5) is 10.1 Å². The summed E-state index contributed by atoms with van der Waals surface area (Å²) in [5.74, 6) is -0.354. The van der Waals surface area contributed by atoms with Gasteiger partial charge in [0.1, 0.15) is 5.82 Å². The van der Waals surface area contributed by atoms with E-state index < -0.39 is 0 Å². The number of hydrogen-bond donors (Lipinski definition) is 1. The van der Waals surface area contributed by atoms with Crippen LogP contribution in [-0.2, 0) is 4.79 Å². The average Bonchev–Trinajstić information content (AvgIpc) is 2.11. The van der Waals surface area contributed by atoms with Gasteiger partial charge in [-0.15, -0.1) is 0 Å². The number of rotatable bonds is 1. The molecule has 0 unspecified atom stereocenters. The first-order chi connectivity index (χ1) is 6.07. The van der Waals surface area contributed by atoms with Gasteiger partial charge in [-0.2, -0.15) is 0 Å². The van der Waals surface area contributed by atoms with Crippen LogP contribution in [-0.4, -0.2) is 25.4 Å². The van der Waals surface area contributed by atoms with Crippen molar-refractivity contribution in [3.63, 3.8) is 0 Å². The van der Waals surface area contributed by atoms with Crippen LogP contribution in [0.5, 0.6) is 0 Å². The summed E-state index contributed by atoms with van der Waals surface area (Å²) >= 11 is 0. The molecule has 1 amide bonds. The molecule has 0 heterocycles. The maximum atomic E-state index is 12.2. The SMILES string of the molecule is CN(C)C=O.Nc1ccccc1F. The van der Waals surface area contributed by atoms with Crippen LogP contribution in [0.15, 0.2) is 24.3 Å². The number of anilines is 1. The van der Waals surface area contributed by atoms with Gasteiger partial charge in [-0.25, -0.2) is 4.39 Å². The smallest absolute Gasteiger partial charge is 0.209 e. The van der Waals surface area contributed by atoms with E-state index in [1.54, 1.807) is 26.2 Å². The number of benzene rings is 1. The summed E-state index contributed by atoms with van der Waals surface area (Å²) < 4.78 is 12.2. The lowest BCUT2D eigenvalue weighted by molar-refractivity contribution is -0.115. The van der Waals surface area contributed by atoms with Gasteiger partial charge >= 0.3 is 0 Å². The van der Waals surface area contributed by atoms with E-state index in [-0.39, 0.29) is 11.5 Å². The largest absolute Gasteiger partial charge is 0.396 e. The molecule has 4 heteroatoms. The van der Waals surface area contributed by atoms with Crippen LogP contribution in [0.2, 0.25) is 0 Å². The van der Waals surface area contributed by atoms with Crippen LogP contribution in [0.3, 0.4) is 0 Å². The van der Waals surface area contributed by atoms with Gasteiger partial charge in [-0.1, -0.05) is 12.1 Å². The van der Waals surface area contributed by atoms with Crippen molar-refractivity contribution in [3.05, 3.63) is 30.1 Å². The van der Waals surface area contributed by atoms with E-state index in [2.05, 4.69) is 0 Å². The summed E-state index contributed by atoms with van der Waals surface area (Å²) in [5, 5.41) is 0. The van der Waals surface area contributed by atoms with E-state index in [9.17, 15) is 9.18 Å². The number of nitrogens with two attached hydrogens (primary N) is 1. The minimum Gasteiger partial charge on any atom is -0.396 e. The third-order valence-corrected chi connectivity index (χ3v) is 1.12. The van der Waals surface area contributed by atoms with E-state index in [0.717, 1.165) is 6.41 Å². The Labute approximate surface area is 77.0 Å². The average molecular weight is 184 g/mol. The normalized spacial score (nSPS) is 8.23. The first-order valence-electron chi connectivity index (χ1n) is 3.69. The van der Waals surface area contributed by atoms with Gasteiger partial charge in [0.05, 0.1) is 5.69 Å². The second kappa shape index (κ2) is 5.99. The van der Waals surface area contributed by atoms with Gasteiger partial charge in [-0.05, 0) is 12.1 Å². The highest BCUT2D eigenvalue weighted by molar-refractivity contribution is 5.45. The summed E-state index contributed by atoms with van der Waals surface area (Å²) in [4.78, 5) is 10.9. The maximum Gasteiger partial charge on any atom is 0.209 e. The molecule has 0 radical (unpaired) electrons. The number of hydrogen-bond acceptors (Lipinski definition) is 2. The molecule has 0 aliphatic heterocycles. The van der Waals surface area contributed by atoms with Gasteiger partial charge < -0.3 is 10.6 Å². The summed E-state index contributed by atoms with van der Waals surface area (Å²) in [5.41, 5.74) is 5.35. The molecule has 3 nitrogen and oxygen atoms in total. The number of amides is 1. The van der Waals surface area contributed by atoms with E-state index in [0.29, 0.717) is 0 Å². The standard InChI is InChI=1S/C6H6FN.C3H7NO/c7-5-3-1-2-4-6(5)8;1-4(2)3-5/h1-4H,8H2;3H,1-2H3. The van der Waals surface area contributed by atoms with Crippen molar-refractivity contribution in [1.29, 1.82) is 0 Å². The Kier molecular flexibility index (Phi) is 5.27. The zero-order valence-corrected chi connectivity index (χ0v) is 7.70. The van der Waals surface area contributed by atoms with Crippen molar-refractivity contribution in [2.45, 2.75) is 0 Å². The molecular formula is C9H13FN2O. The molecule has 0 aliphatic carbocycles. The Morgan fingerprint density at radius 2 is 1.85 bits per heavy atom. The zero-order chi connectivity index (χ0) is 10.3. The van der Waals surface area contributed by atoms with Gasteiger partial charge in [0.2, 0.25) is 6.41 Å². The highest BCUT2D eigenvalue weighted by Gasteiger charge is 1.89. The number of nitrogens with zero attached hydrogens (tertiary/aromatic N) is 1. The minimum absolute atomic E-state index is 0.201. The Balaban J connectivity index is 0.000000252. The second-order valence-corrected chi connectivity index (χ2v) is 2.59. The van der Waals surface area contributed by atoms with Gasteiger partial charge in [0, 0.05) is 14.1 Å². The highest BCUT2D eigenvalue weighted by Crippen LogP contribution is 2.05. The van der Waals surface area contributed by atoms with Gasteiger partial charge in [0.15, 0.2) is 0 Å². The van der Waals surface area contributed by atoms with Crippen LogP contribution in [0, 0.1) is 5.82 Å². The molecule has 2 N–H and O–H groups in total. The molecule has 0 aromatic heterocycles. The van der Waals surface area contributed by atoms with E-state index >= 15 is 0 Å². The van der Waals surface area contributed by atoms with Crippen molar-refractivity contribution in [2.24, 2.45) is 0 Å². The quantitative estimate of drug-likeness (QED) is 0.525. The lowest BCUT2D eigenvalue weighted by Gasteiger charge is -1.93. The van der Waals surface area contributed by atoms with Gasteiger partial charge in [0.25, 0.3) is 0 Å². The van der Waals surface area contributed by atoms with Crippen molar-refractivity contribution in [3.8, 4) is 0 Å². The molecular weight excluding hydrogens is 171 g/mol. The highest BCUT2D eigenvalue weighted by atomic mass is 19.1. The topological polar surface area (TPSA) is 46.3 Å². The molecule has 0 aliphatic rings. The summed E-state index contributed by atoms with van der Waals surface area (Å²) in [7, 11) is 3.38. The monoisotopic (exact) mass is 184 g/mol. The molecule has 1 aromatic rings. The Hall–Kier alpha value is -1.58. The minimum atomic E-state index is -0.354. The number of carbonyl (C=O) groups excluding carboxylic acids is 1. The van der Waals surface area contributed by atoms with Crippen molar-refractivity contribution in [1.82, 2.24) is 4.90 Å². The lowest BCUT2D eigenvalue weighted by atomic mass is 10.3. The summed E-state index contributed by atoms with van der Waals surface area (Å²) in [6.07, 6.45) is 0.750. The predicted octanol–water partition coefficient (Wildman–Crippen LogP) is 1.11.